The van der Waals surface area contributed by atoms with E-state index < -0.39 is 0 Å². The third kappa shape index (κ3) is 2.38. The van der Waals surface area contributed by atoms with Crippen molar-refractivity contribution >= 4 is 16.8 Å². The van der Waals surface area contributed by atoms with E-state index >= 15 is 0 Å². The Bertz CT molecular complexity index is 526. The standard InChI is InChI=1S/C12H14N2O.C2H6/c1-4-11(15)9-6-5-7-10-12(9)13-8(2)14(10)3;1-2/h5-7H,4H2,1-3H3;1-2H3. The molecule has 0 atom stereocenters. The first-order valence-electron chi connectivity index (χ1n) is 6.10. The highest BCUT2D eigenvalue weighted by molar-refractivity contribution is 6.06. The predicted octanol–water partition coefficient (Wildman–Crippen LogP) is 3.50. The summed E-state index contributed by atoms with van der Waals surface area (Å²) >= 11 is 0. The van der Waals surface area contributed by atoms with E-state index in [1.54, 1.807) is 0 Å². The first-order chi connectivity index (χ1) is 8.15. The van der Waals surface area contributed by atoms with Gasteiger partial charge in [-0.1, -0.05) is 26.8 Å². The van der Waals surface area contributed by atoms with Gasteiger partial charge in [0, 0.05) is 19.0 Å². The number of benzene rings is 1. The number of carbonyl (C=O) groups is 1. The van der Waals surface area contributed by atoms with Crippen molar-refractivity contribution in [3.8, 4) is 0 Å². The minimum absolute atomic E-state index is 0.152. The van der Waals surface area contributed by atoms with Gasteiger partial charge in [0.2, 0.25) is 0 Å². The Morgan fingerprint density at radius 2 is 2.00 bits per heavy atom. The van der Waals surface area contributed by atoms with Gasteiger partial charge in [-0.05, 0) is 19.1 Å². The Morgan fingerprint density at radius 1 is 1.35 bits per heavy atom. The molecule has 0 fully saturated rings. The molecule has 17 heavy (non-hydrogen) atoms. The van der Waals surface area contributed by atoms with E-state index in [1.807, 2.05) is 57.5 Å². The Kier molecular flexibility index (Phi) is 4.44. The van der Waals surface area contributed by atoms with Crippen molar-refractivity contribution in [1.82, 2.24) is 9.55 Å². The lowest BCUT2D eigenvalue weighted by molar-refractivity contribution is 0.0989. The molecule has 0 aliphatic rings. The van der Waals surface area contributed by atoms with Gasteiger partial charge < -0.3 is 4.57 Å². The number of nitrogens with zero attached hydrogens (tertiary/aromatic N) is 2. The SMILES string of the molecule is CC.CCC(=O)c1cccc2c1nc(C)n2C. The van der Waals surface area contributed by atoms with Gasteiger partial charge in [0.1, 0.15) is 5.82 Å². The summed E-state index contributed by atoms with van der Waals surface area (Å²) in [7, 11) is 1.96. The molecule has 92 valence electrons. The molecule has 1 aromatic heterocycles. The highest BCUT2D eigenvalue weighted by atomic mass is 16.1. The Balaban J connectivity index is 0.000000686. The summed E-state index contributed by atoms with van der Waals surface area (Å²) in [6.45, 7) is 7.82. The van der Waals surface area contributed by atoms with Crippen LogP contribution in [0.25, 0.3) is 11.0 Å². The number of aryl methyl sites for hydroxylation is 2. The molecule has 0 radical (unpaired) electrons. The number of imidazole rings is 1. The summed E-state index contributed by atoms with van der Waals surface area (Å²) in [5.41, 5.74) is 2.58. The normalized spacial score (nSPS) is 9.94. The number of Topliss-reactive ketones (excluding diaryl/α,β-unsaturated/α-hetero) is 1. The zero-order valence-corrected chi connectivity index (χ0v) is 11.2. The zero-order valence-electron chi connectivity index (χ0n) is 11.2. The second kappa shape index (κ2) is 5.62. The maximum atomic E-state index is 11.7. The fourth-order valence-electron chi connectivity index (χ4n) is 1.75. The Labute approximate surface area is 102 Å². The van der Waals surface area contributed by atoms with Crippen molar-refractivity contribution in [2.45, 2.75) is 34.1 Å². The molecule has 0 aliphatic heterocycles. The molecule has 0 unspecified atom stereocenters. The van der Waals surface area contributed by atoms with E-state index in [0.717, 1.165) is 22.4 Å². The van der Waals surface area contributed by atoms with E-state index in [9.17, 15) is 4.79 Å². The minimum Gasteiger partial charge on any atom is -0.331 e. The van der Waals surface area contributed by atoms with Crippen LogP contribution >= 0.6 is 0 Å². The van der Waals surface area contributed by atoms with Gasteiger partial charge in [-0.3, -0.25) is 4.79 Å². The van der Waals surface area contributed by atoms with E-state index in [4.69, 9.17) is 0 Å². The molecule has 0 saturated heterocycles. The number of hydrogen-bond acceptors (Lipinski definition) is 2. The second-order valence-electron chi connectivity index (χ2n) is 3.67. The highest BCUT2D eigenvalue weighted by Crippen LogP contribution is 2.19. The summed E-state index contributed by atoms with van der Waals surface area (Å²) in [5.74, 6) is 1.08. The second-order valence-corrected chi connectivity index (χ2v) is 3.67. The molecule has 1 heterocycles. The molecule has 0 N–H and O–H groups in total. The zero-order chi connectivity index (χ0) is 13.0. The van der Waals surface area contributed by atoms with Crippen molar-refractivity contribution in [3.05, 3.63) is 29.6 Å². The first-order valence-corrected chi connectivity index (χ1v) is 6.10. The average molecular weight is 232 g/mol. The van der Waals surface area contributed by atoms with E-state index in [2.05, 4.69) is 4.98 Å². The van der Waals surface area contributed by atoms with Crippen LogP contribution in [0.1, 0.15) is 43.4 Å². The van der Waals surface area contributed by atoms with Gasteiger partial charge in [-0.15, -0.1) is 0 Å². The molecule has 0 amide bonds. The molecule has 1 aromatic carbocycles. The van der Waals surface area contributed by atoms with Crippen LogP contribution in [0, 0.1) is 6.92 Å². The first kappa shape index (κ1) is 13.4. The molecule has 0 aliphatic carbocycles. The maximum Gasteiger partial charge on any atom is 0.164 e. The lowest BCUT2D eigenvalue weighted by Crippen LogP contribution is -1.97. The molecule has 0 saturated carbocycles. The number of fused-ring (bicyclic) bond motifs is 1. The number of ketones is 1. The predicted molar refractivity (Wildman–Crippen MR) is 71.4 cm³/mol. The minimum atomic E-state index is 0.152. The molecule has 3 nitrogen and oxygen atoms in total. The lowest BCUT2D eigenvalue weighted by Gasteiger charge is -1.99. The number of hydrogen-bond donors (Lipinski definition) is 0. The van der Waals surface area contributed by atoms with Gasteiger partial charge in [0.25, 0.3) is 0 Å². The lowest BCUT2D eigenvalue weighted by atomic mass is 10.1. The number of carbonyl (C=O) groups excluding carboxylic acids is 1. The molecule has 0 bridgehead atoms. The van der Waals surface area contributed by atoms with Crippen LogP contribution < -0.4 is 0 Å². The molecular formula is C14H20N2O. The summed E-state index contributed by atoms with van der Waals surface area (Å²) in [6.07, 6.45) is 0.523. The van der Waals surface area contributed by atoms with E-state index in [1.165, 1.54) is 0 Å². The monoisotopic (exact) mass is 232 g/mol. The smallest absolute Gasteiger partial charge is 0.164 e. The highest BCUT2D eigenvalue weighted by Gasteiger charge is 2.12. The molecular weight excluding hydrogens is 212 g/mol. The largest absolute Gasteiger partial charge is 0.331 e. The fraction of sp³-hybridized carbons (Fsp3) is 0.429. The van der Waals surface area contributed by atoms with Crippen LogP contribution in [0.5, 0.6) is 0 Å². The Morgan fingerprint density at radius 3 is 2.59 bits per heavy atom. The molecule has 0 spiro atoms. The summed E-state index contributed by atoms with van der Waals surface area (Å²) in [5, 5.41) is 0. The molecule has 3 heteroatoms. The maximum absolute atomic E-state index is 11.7. The van der Waals surface area contributed by atoms with Gasteiger partial charge >= 0.3 is 0 Å². The van der Waals surface area contributed by atoms with Crippen molar-refractivity contribution in [2.24, 2.45) is 7.05 Å². The van der Waals surface area contributed by atoms with Crippen LogP contribution in [0.2, 0.25) is 0 Å². The van der Waals surface area contributed by atoms with Crippen LogP contribution in [-0.2, 0) is 7.05 Å². The van der Waals surface area contributed by atoms with Crippen molar-refractivity contribution in [1.29, 1.82) is 0 Å². The quantitative estimate of drug-likeness (QED) is 0.743. The van der Waals surface area contributed by atoms with E-state index in [0.29, 0.717) is 6.42 Å². The van der Waals surface area contributed by atoms with Crippen molar-refractivity contribution < 1.29 is 4.79 Å². The number of aromatic nitrogens is 2. The number of para-hydroxylation sites is 1. The summed E-state index contributed by atoms with van der Waals surface area (Å²) in [4.78, 5) is 16.1. The summed E-state index contributed by atoms with van der Waals surface area (Å²) < 4.78 is 2.00. The van der Waals surface area contributed by atoms with Crippen LogP contribution in [0.4, 0.5) is 0 Å². The average Bonchev–Trinajstić information content (AvgIpc) is 2.67. The molecule has 2 rings (SSSR count). The van der Waals surface area contributed by atoms with Gasteiger partial charge in [0.15, 0.2) is 5.78 Å². The topological polar surface area (TPSA) is 34.9 Å². The van der Waals surface area contributed by atoms with Gasteiger partial charge in [0.05, 0.1) is 11.0 Å². The van der Waals surface area contributed by atoms with Crippen molar-refractivity contribution in [3.63, 3.8) is 0 Å². The summed E-state index contributed by atoms with van der Waals surface area (Å²) in [6, 6.07) is 5.74. The van der Waals surface area contributed by atoms with Crippen LogP contribution in [0.15, 0.2) is 18.2 Å². The third-order valence-electron chi connectivity index (χ3n) is 2.76. The Hall–Kier alpha value is -1.64. The van der Waals surface area contributed by atoms with Gasteiger partial charge in [-0.2, -0.15) is 0 Å². The number of rotatable bonds is 2. The van der Waals surface area contributed by atoms with E-state index in [-0.39, 0.29) is 5.78 Å². The fourth-order valence-corrected chi connectivity index (χ4v) is 1.75. The van der Waals surface area contributed by atoms with Crippen LogP contribution in [-0.4, -0.2) is 15.3 Å². The van der Waals surface area contributed by atoms with Crippen molar-refractivity contribution in [2.75, 3.05) is 0 Å². The van der Waals surface area contributed by atoms with Gasteiger partial charge in [-0.25, -0.2) is 4.98 Å². The van der Waals surface area contributed by atoms with Crippen LogP contribution in [0.3, 0.4) is 0 Å². The molecule has 2 aromatic rings. The third-order valence-corrected chi connectivity index (χ3v) is 2.76.